The maximum Gasteiger partial charge on any atom is 0.257 e. The number of benzene rings is 1. The van der Waals surface area contributed by atoms with Crippen LogP contribution >= 0.6 is 12.4 Å². The van der Waals surface area contributed by atoms with Crippen molar-refractivity contribution in [3.63, 3.8) is 0 Å². The Kier molecular flexibility index (Phi) is 8.19. The molecule has 0 aliphatic carbocycles. The summed E-state index contributed by atoms with van der Waals surface area (Å²) >= 11 is 0. The van der Waals surface area contributed by atoms with E-state index in [1.54, 1.807) is 0 Å². The summed E-state index contributed by atoms with van der Waals surface area (Å²) < 4.78 is 5.48. The van der Waals surface area contributed by atoms with Gasteiger partial charge in [-0.05, 0) is 37.9 Å². The van der Waals surface area contributed by atoms with Crippen LogP contribution in [0.3, 0.4) is 0 Å². The smallest absolute Gasteiger partial charge is 0.257 e. The highest BCUT2D eigenvalue weighted by Crippen LogP contribution is 2.18. The van der Waals surface area contributed by atoms with Gasteiger partial charge in [0, 0.05) is 6.54 Å². The number of halogens is 1. The molecule has 0 bridgehead atoms. The first kappa shape index (κ1) is 17.7. The lowest BCUT2D eigenvalue weighted by Gasteiger charge is -2.12. The van der Waals surface area contributed by atoms with Crippen molar-refractivity contribution < 1.29 is 9.53 Å². The van der Waals surface area contributed by atoms with Crippen molar-refractivity contribution in [2.45, 2.75) is 20.8 Å². The van der Waals surface area contributed by atoms with Crippen molar-refractivity contribution in [2.75, 3.05) is 19.7 Å². The molecule has 0 radical (unpaired) electrons. The van der Waals surface area contributed by atoms with E-state index in [4.69, 9.17) is 10.5 Å². The molecule has 0 fully saturated rings. The second kappa shape index (κ2) is 8.77. The standard InChI is InChI=1S/C14H22N2O2.ClH/c1-10-4-5-13(12(3)6-10)18-9-14(17)16-8-11(2)7-15;/h4-6,11H,7-9,15H2,1-3H3,(H,16,17);1H. The molecule has 0 aliphatic rings. The van der Waals surface area contributed by atoms with E-state index in [2.05, 4.69) is 5.32 Å². The second-order valence-corrected chi connectivity index (χ2v) is 4.70. The van der Waals surface area contributed by atoms with Gasteiger partial charge < -0.3 is 15.8 Å². The first-order valence-corrected chi connectivity index (χ1v) is 6.19. The van der Waals surface area contributed by atoms with Crippen LogP contribution in [0.4, 0.5) is 0 Å². The van der Waals surface area contributed by atoms with E-state index in [1.807, 2.05) is 39.0 Å². The lowest BCUT2D eigenvalue weighted by molar-refractivity contribution is -0.123. The molecule has 1 unspecified atom stereocenters. The van der Waals surface area contributed by atoms with Gasteiger partial charge in [-0.15, -0.1) is 12.4 Å². The number of carbonyl (C=O) groups excluding carboxylic acids is 1. The third kappa shape index (κ3) is 6.45. The van der Waals surface area contributed by atoms with Gasteiger partial charge in [-0.1, -0.05) is 24.6 Å². The van der Waals surface area contributed by atoms with Crippen LogP contribution in [0.2, 0.25) is 0 Å². The largest absolute Gasteiger partial charge is 0.484 e. The van der Waals surface area contributed by atoms with Crippen LogP contribution < -0.4 is 15.8 Å². The summed E-state index contributed by atoms with van der Waals surface area (Å²) in [5.74, 6) is 0.924. The van der Waals surface area contributed by atoms with E-state index in [0.717, 1.165) is 11.3 Å². The summed E-state index contributed by atoms with van der Waals surface area (Å²) in [5.41, 5.74) is 7.70. The molecule has 108 valence electrons. The molecule has 5 heteroatoms. The first-order valence-electron chi connectivity index (χ1n) is 6.19. The quantitative estimate of drug-likeness (QED) is 0.838. The lowest BCUT2D eigenvalue weighted by atomic mass is 10.1. The molecule has 4 nitrogen and oxygen atoms in total. The highest BCUT2D eigenvalue weighted by atomic mass is 35.5. The number of rotatable bonds is 6. The minimum absolute atomic E-state index is 0. The molecule has 0 saturated carbocycles. The van der Waals surface area contributed by atoms with E-state index in [1.165, 1.54) is 5.56 Å². The number of carbonyl (C=O) groups is 1. The van der Waals surface area contributed by atoms with Crippen molar-refractivity contribution in [1.82, 2.24) is 5.32 Å². The molecule has 1 amide bonds. The van der Waals surface area contributed by atoms with Gasteiger partial charge in [-0.3, -0.25) is 4.79 Å². The fraction of sp³-hybridized carbons (Fsp3) is 0.500. The Balaban J connectivity index is 0.00000324. The Hall–Kier alpha value is -1.26. The predicted molar refractivity (Wildman–Crippen MR) is 79.9 cm³/mol. The highest BCUT2D eigenvalue weighted by molar-refractivity contribution is 5.85. The van der Waals surface area contributed by atoms with E-state index in [0.29, 0.717) is 13.1 Å². The van der Waals surface area contributed by atoms with Crippen LogP contribution in [-0.2, 0) is 4.79 Å². The number of aryl methyl sites for hydroxylation is 2. The van der Waals surface area contributed by atoms with Crippen molar-refractivity contribution in [1.29, 1.82) is 0 Å². The minimum atomic E-state index is -0.115. The fourth-order valence-corrected chi connectivity index (χ4v) is 1.53. The molecule has 0 heterocycles. The topological polar surface area (TPSA) is 64.3 Å². The average Bonchev–Trinajstić information content (AvgIpc) is 2.34. The Morgan fingerprint density at radius 2 is 2.11 bits per heavy atom. The molecule has 3 N–H and O–H groups in total. The van der Waals surface area contributed by atoms with Crippen LogP contribution in [0, 0.1) is 19.8 Å². The summed E-state index contributed by atoms with van der Waals surface area (Å²) in [6, 6.07) is 5.89. The molecule has 0 aromatic heterocycles. The Labute approximate surface area is 121 Å². The van der Waals surface area contributed by atoms with Crippen molar-refractivity contribution in [3.8, 4) is 5.75 Å². The number of nitrogens with one attached hydrogen (secondary N) is 1. The minimum Gasteiger partial charge on any atom is -0.484 e. The monoisotopic (exact) mass is 286 g/mol. The SMILES string of the molecule is Cc1ccc(OCC(=O)NCC(C)CN)c(C)c1.Cl. The Bertz CT molecular complexity index is 410. The summed E-state index contributed by atoms with van der Waals surface area (Å²) in [4.78, 5) is 11.5. The predicted octanol–water partition coefficient (Wildman–Crippen LogP) is 1.82. The molecule has 1 atom stereocenters. The van der Waals surface area contributed by atoms with Gasteiger partial charge in [-0.25, -0.2) is 0 Å². The molecule has 1 aromatic carbocycles. The zero-order chi connectivity index (χ0) is 13.5. The molecule has 0 aliphatic heterocycles. The number of ether oxygens (including phenoxy) is 1. The molecule has 0 spiro atoms. The molecule has 1 rings (SSSR count). The van der Waals surface area contributed by atoms with Crippen molar-refractivity contribution in [2.24, 2.45) is 11.7 Å². The molecular weight excluding hydrogens is 264 g/mol. The van der Waals surface area contributed by atoms with Gasteiger partial charge in [0.25, 0.3) is 5.91 Å². The normalized spacial score (nSPS) is 11.4. The highest BCUT2D eigenvalue weighted by Gasteiger charge is 2.06. The van der Waals surface area contributed by atoms with Gasteiger partial charge in [0.2, 0.25) is 0 Å². The summed E-state index contributed by atoms with van der Waals surface area (Å²) in [5, 5.41) is 2.79. The molecule has 1 aromatic rings. The number of hydrogen-bond acceptors (Lipinski definition) is 3. The van der Waals surface area contributed by atoms with E-state index >= 15 is 0 Å². The zero-order valence-corrected chi connectivity index (χ0v) is 12.5. The fourth-order valence-electron chi connectivity index (χ4n) is 1.53. The maximum atomic E-state index is 11.5. The molecule has 0 saturated heterocycles. The van der Waals surface area contributed by atoms with E-state index < -0.39 is 0 Å². The van der Waals surface area contributed by atoms with Crippen LogP contribution in [0.5, 0.6) is 5.75 Å². The second-order valence-electron chi connectivity index (χ2n) is 4.70. The Morgan fingerprint density at radius 3 is 2.68 bits per heavy atom. The van der Waals surface area contributed by atoms with Gasteiger partial charge in [-0.2, -0.15) is 0 Å². The molecular formula is C14H23ClN2O2. The number of amides is 1. The van der Waals surface area contributed by atoms with Gasteiger partial charge in [0.1, 0.15) is 5.75 Å². The third-order valence-electron chi connectivity index (χ3n) is 2.74. The maximum absolute atomic E-state index is 11.5. The van der Waals surface area contributed by atoms with Gasteiger partial charge in [0.15, 0.2) is 6.61 Å². The van der Waals surface area contributed by atoms with Gasteiger partial charge in [0.05, 0.1) is 0 Å². The van der Waals surface area contributed by atoms with Crippen LogP contribution in [0.1, 0.15) is 18.1 Å². The van der Waals surface area contributed by atoms with E-state index in [-0.39, 0.29) is 30.8 Å². The van der Waals surface area contributed by atoms with Crippen LogP contribution in [-0.4, -0.2) is 25.6 Å². The number of hydrogen-bond donors (Lipinski definition) is 2. The third-order valence-corrected chi connectivity index (χ3v) is 2.74. The zero-order valence-electron chi connectivity index (χ0n) is 11.7. The Morgan fingerprint density at radius 1 is 1.42 bits per heavy atom. The lowest BCUT2D eigenvalue weighted by Crippen LogP contribution is -2.34. The summed E-state index contributed by atoms with van der Waals surface area (Å²) in [6.45, 7) is 7.19. The summed E-state index contributed by atoms with van der Waals surface area (Å²) in [7, 11) is 0. The van der Waals surface area contributed by atoms with Crippen molar-refractivity contribution in [3.05, 3.63) is 29.3 Å². The van der Waals surface area contributed by atoms with E-state index in [9.17, 15) is 4.79 Å². The first-order chi connectivity index (χ1) is 8.52. The summed E-state index contributed by atoms with van der Waals surface area (Å²) in [6.07, 6.45) is 0. The van der Waals surface area contributed by atoms with Crippen LogP contribution in [0.15, 0.2) is 18.2 Å². The number of nitrogens with two attached hydrogens (primary N) is 1. The van der Waals surface area contributed by atoms with Gasteiger partial charge >= 0.3 is 0 Å². The van der Waals surface area contributed by atoms with Crippen molar-refractivity contribution >= 4 is 18.3 Å². The van der Waals surface area contributed by atoms with Crippen LogP contribution in [0.25, 0.3) is 0 Å². The molecule has 19 heavy (non-hydrogen) atoms. The average molecular weight is 287 g/mol.